The van der Waals surface area contributed by atoms with Gasteiger partial charge in [0.2, 0.25) is 5.91 Å². The second kappa shape index (κ2) is 7.13. The summed E-state index contributed by atoms with van der Waals surface area (Å²) >= 11 is 0. The summed E-state index contributed by atoms with van der Waals surface area (Å²) in [5, 5.41) is 2.82. The van der Waals surface area contributed by atoms with Gasteiger partial charge in [-0.1, -0.05) is 31.0 Å². The molecule has 2 aliphatic rings. The number of carbonyl (C=O) groups excluding carboxylic acids is 2. The Labute approximate surface area is 137 Å². The van der Waals surface area contributed by atoms with Crippen molar-refractivity contribution >= 4 is 11.8 Å². The van der Waals surface area contributed by atoms with Gasteiger partial charge in [-0.2, -0.15) is 0 Å². The number of amides is 2. The monoisotopic (exact) mass is 316 g/mol. The van der Waals surface area contributed by atoms with Crippen LogP contribution in [-0.2, 0) is 9.53 Å². The predicted octanol–water partition coefficient (Wildman–Crippen LogP) is 1.97. The van der Waals surface area contributed by atoms with E-state index in [-0.39, 0.29) is 24.0 Å². The van der Waals surface area contributed by atoms with E-state index in [9.17, 15) is 9.59 Å². The van der Waals surface area contributed by atoms with E-state index < -0.39 is 6.04 Å². The van der Waals surface area contributed by atoms with E-state index in [0.29, 0.717) is 18.7 Å². The highest BCUT2D eigenvalue weighted by Gasteiger charge is 2.38. The third-order valence-electron chi connectivity index (χ3n) is 4.77. The minimum Gasteiger partial charge on any atom is -0.374 e. The molecular weight excluding hydrogens is 292 g/mol. The third kappa shape index (κ3) is 3.55. The third-order valence-corrected chi connectivity index (χ3v) is 4.77. The quantitative estimate of drug-likeness (QED) is 0.927. The fourth-order valence-electron chi connectivity index (χ4n) is 3.55. The Bertz CT molecular complexity index is 559. The summed E-state index contributed by atoms with van der Waals surface area (Å²) in [4.78, 5) is 26.9. The van der Waals surface area contributed by atoms with Gasteiger partial charge in [0.05, 0.1) is 18.8 Å². The van der Waals surface area contributed by atoms with Gasteiger partial charge in [0.25, 0.3) is 5.91 Å². The molecule has 5 heteroatoms. The van der Waals surface area contributed by atoms with Crippen molar-refractivity contribution in [3.63, 3.8) is 0 Å². The van der Waals surface area contributed by atoms with Crippen LogP contribution in [0.4, 0.5) is 0 Å². The van der Waals surface area contributed by atoms with Crippen LogP contribution < -0.4 is 5.32 Å². The Morgan fingerprint density at radius 1 is 1.22 bits per heavy atom. The summed E-state index contributed by atoms with van der Waals surface area (Å²) in [6, 6.07) is 8.63. The average molecular weight is 316 g/mol. The zero-order chi connectivity index (χ0) is 16.2. The molecule has 0 bridgehead atoms. The maximum atomic E-state index is 12.8. The highest BCUT2D eigenvalue weighted by atomic mass is 16.5. The topological polar surface area (TPSA) is 58.6 Å². The lowest BCUT2D eigenvalue weighted by atomic mass is 9.90. The van der Waals surface area contributed by atoms with Crippen LogP contribution in [0.3, 0.4) is 0 Å². The van der Waals surface area contributed by atoms with E-state index in [1.54, 1.807) is 19.1 Å². The Morgan fingerprint density at radius 3 is 2.74 bits per heavy atom. The minimum atomic E-state index is -0.525. The maximum absolute atomic E-state index is 12.8. The lowest BCUT2D eigenvalue weighted by Crippen LogP contribution is -2.58. The predicted molar refractivity (Wildman–Crippen MR) is 87.1 cm³/mol. The molecule has 23 heavy (non-hydrogen) atoms. The van der Waals surface area contributed by atoms with Gasteiger partial charge in [0.1, 0.15) is 6.04 Å². The summed E-state index contributed by atoms with van der Waals surface area (Å²) in [6.07, 6.45) is 4.50. The van der Waals surface area contributed by atoms with Crippen LogP contribution in [0.15, 0.2) is 30.3 Å². The van der Waals surface area contributed by atoms with E-state index in [4.69, 9.17) is 4.74 Å². The summed E-state index contributed by atoms with van der Waals surface area (Å²) < 4.78 is 5.81. The van der Waals surface area contributed by atoms with E-state index in [1.165, 1.54) is 6.42 Å². The van der Waals surface area contributed by atoms with Crippen LogP contribution in [0.5, 0.6) is 0 Å². The molecule has 1 aliphatic carbocycles. The molecule has 1 N–H and O–H groups in total. The van der Waals surface area contributed by atoms with Gasteiger partial charge >= 0.3 is 0 Å². The lowest BCUT2D eigenvalue weighted by Gasteiger charge is -2.44. The molecule has 1 heterocycles. The van der Waals surface area contributed by atoms with Crippen molar-refractivity contribution in [1.82, 2.24) is 10.2 Å². The van der Waals surface area contributed by atoms with Crippen molar-refractivity contribution < 1.29 is 14.3 Å². The molecule has 1 aliphatic heterocycles. The highest BCUT2D eigenvalue weighted by Crippen LogP contribution is 2.28. The van der Waals surface area contributed by atoms with Gasteiger partial charge in [0, 0.05) is 12.1 Å². The summed E-state index contributed by atoms with van der Waals surface area (Å²) in [7, 11) is 0. The first-order valence-corrected chi connectivity index (χ1v) is 8.45. The maximum Gasteiger partial charge on any atom is 0.251 e. The number of nitrogens with one attached hydrogen (secondary N) is 1. The molecule has 0 aromatic heterocycles. The number of fused-ring (bicyclic) bond motifs is 1. The van der Waals surface area contributed by atoms with Crippen molar-refractivity contribution in [1.29, 1.82) is 0 Å². The molecule has 1 saturated carbocycles. The lowest BCUT2D eigenvalue weighted by molar-refractivity contribution is -0.151. The number of nitrogens with zero attached hydrogens (tertiary/aromatic N) is 1. The Hall–Kier alpha value is -1.88. The van der Waals surface area contributed by atoms with Crippen LogP contribution in [0.1, 0.15) is 43.0 Å². The standard InChI is InChI=1S/C18H24N2O3/c1-13(19-17(21)14-7-3-2-4-8-14)18(22)20-11-12-23-16-10-6-5-9-15(16)20/h2-4,7-8,13,15-16H,5-6,9-12H2,1H3,(H,19,21)/t13-,15-,16+/m0/s1. The number of hydrogen-bond acceptors (Lipinski definition) is 3. The SMILES string of the molecule is C[C@H](NC(=O)c1ccccc1)C(=O)N1CCO[C@@H]2CCCC[C@@H]21. The van der Waals surface area contributed by atoms with Crippen LogP contribution >= 0.6 is 0 Å². The first-order chi connectivity index (χ1) is 11.2. The van der Waals surface area contributed by atoms with E-state index in [1.807, 2.05) is 23.1 Å². The van der Waals surface area contributed by atoms with Crippen LogP contribution in [0, 0.1) is 0 Å². The molecule has 5 nitrogen and oxygen atoms in total. The molecule has 1 aromatic rings. The van der Waals surface area contributed by atoms with Crippen molar-refractivity contribution in [2.24, 2.45) is 0 Å². The Morgan fingerprint density at radius 2 is 1.96 bits per heavy atom. The van der Waals surface area contributed by atoms with Gasteiger partial charge in [-0.3, -0.25) is 9.59 Å². The summed E-state index contributed by atoms with van der Waals surface area (Å²) in [5.74, 6) is -0.214. The van der Waals surface area contributed by atoms with Crippen molar-refractivity contribution in [3.05, 3.63) is 35.9 Å². The zero-order valence-electron chi connectivity index (χ0n) is 13.5. The molecule has 124 valence electrons. The first-order valence-electron chi connectivity index (χ1n) is 8.45. The van der Waals surface area contributed by atoms with Crippen molar-refractivity contribution in [2.45, 2.75) is 50.8 Å². The van der Waals surface area contributed by atoms with Crippen molar-refractivity contribution in [3.8, 4) is 0 Å². The van der Waals surface area contributed by atoms with E-state index in [0.717, 1.165) is 19.3 Å². The zero-order valence-corrected chi connectivity index (χ0v) is 13.5. The fourth-order valence-corrected chi connectivity index (χ4v) is 3.55. The van der Waals surface area contributed by atoms with Gasteiger partial charge in [-0.05, 0) is 31.9 Å². The van der Waals surface area contributed by atoms with Gasteiger partial charge < -0.3 is 15.0 Å². The minimum absolute atomic E-state index is 0.00511. The van der Waals surface area contributed by atoms with Crippen molar-refractivity contribution in [2.75, 3.05) is 13.2 Å². The molecule has 1 saturated heterocycles. The van der Waals surface area contributed by atoms with Gasteiger partial charge in [-0.15, -0.1) is 0 Å². The Balaban J connectivity index is 1.63. The van der Waals surface area contributed by atoms with Gasteiger partial charge in [-0.25, -0.2) is 0 Å². The number of carbonyl (C=O) groups is 2. The Kier molecular flexibility index (Phi) is 4.96. The summed E-state index contributed by atoms with van der Waals surface area (Å²) in [6.45, 7) is 2.97. The second-order valence-electron chi connectivity index (χ2n) is 6.35. The molecule has 0 spiro atoms. The fraction of sp³-hybridized carbons (Fsp3) is 0.556. The molecule has 2 amide bonds. The number of benzene rings is 1. The molecule has 1 aromatic carbocycles. The van der Waals surface area contributed by atoms with Crippen LogP contribution in [0.25, 0.3) is 0 Å². The van der Waals surface area contributed by atoms with E-state index >= 15 is 0 Å². The largest absolute Gasteiger partial charge is 0.374 e. The molecule has 2 fully saturated rings. The average Bonchev–Trinajstić information content (AvgIpc) is 2.61. The molecule has 3 atom stereocenters. The van der Waals surface area contributed by atoms with Gasteiger partial charge in [0.15, 0.2) is 0 Å². The number of rotatable bonds is 3. The second-order valence-corrected chi connectivity index (χ2v) is 6.35. The number of morpholine rings is 1. The molecular formula is C18H24N2O3. The smallest absolute Gasteiger partial charge is 0.251 e. The summed E-state index contributed by atoms with van der Waals surface area (Å²) in [5.41, 5.74) is 0.574. The molecule has 3 rings (SSSR count). The first kappa shape index (κ1) is 16.0. The normalized spacial score (nSPS) is 25.3. The molecule has 0 radical (unpaired) electrons. The highest BCUT2D eigenvalue weighted by molar-refractivity contribution is 5.97. The number of hydrogen-bond donors (Lipinski definition) is 1. The van der Waals surface area contributed by atoms with Crippen LogP contribution in [0.2, 0.25) is 0 Å². The van der Waals surface area contributed by atoms with E-state index in [2.05, 4.69) is 5.32 Å². The molecule has 0 unspecified atom stereocenters. The van der Waals surface area contributed by atoms with Crippen LogP contribution in [-0.4, -0.2) is 48.1 Å². The number of ether oxygens (including phenoxy) is 1.